The number of hydrogen-bond donors (Lipinski definition) is 1. The Labute approximate surface area is 245 Å². The molecule has 0 aliphatic heterocycles. The molecule has 0 fully saturated rings. The fourth-order valence-electron chi connectivity index (χ4n) is 4.06. The first-order valence-electron chi connectivity index (χ1n) is 13.7. The van der Waals surface area contributed by atoms with Gasteiger partial charge in [0, 0.05) is 12.1 Å². The van der Waals surface area contributed by atoms with Crippen molar-refractivity contribution in [1.82, 2.24) is 4.90 Å². The lowest BCUT2D eigenvalue weighted by atomic mass is 9.88. The van der Waals surface area contributed by atoms with Crippen LogP contribution in [0, 0.1) is 10.8 Å². The van der Waals surface area contributed by atoms with Crippen LogP contribution >= 0.6 is 0 Å². The maximum absolute atomic E-state index is 13.1. The minimum atomic E-state index is -3.67. The van der Waals surface area contributed by atoms with Crippen molar-refractivity contribution in [2.75, 3.05) is 19.8 Å². The van der Waals surface area contributed by atoms with Gasteiger partial charge in [-0.05, 0) is 71.3 Å². The average Bonchev–Trinajstić information content (AvgIpc) is 2.84. The summed E-state index contributed by atoms with van der Waals surface area (Å²) in [6, 6.07) is 14.6. The molecule has 0 spiro atoms. The number of benzene rings is 2. The lowest BCUT2D eigenvalue weighted by Crippen LogP contribution is -2.31. The Hall–Kier alpha value is -3.08. The van der Waals surface area contributed by atoms with Gasteiger partial charge in [-0.2, -0.15) is 8.42 Å². The van der Waals surface area contributed by atoms with E-state index >= 15 is 0 Å². The van der Waals surface area contributed by atoms with Crippen LogP contribution < -0.4 is 9.47 Å². The van der Waals surface area contributed by atoms with E-state index in [4.69, 9.17) is 14.0 Å². The van der Waals surface area contributed by atoms with Gasteiger partial charge in [-0.3, -0.25) is 23.8 Å². The Morgan fingerprint density at radius 3 is 1.76 bits per heavy atom. The minimum Gasteiger partial charge on any atom is -0.422 e. The highest BCUT2D eigenvalue weighted by Gasteiger charge is 2.32. The highest BCUT2D eigenvalue weighted by atomic mass is 32.2. The molecule has 0 aromatic heterocycles. The third-order valence-corrected chi connectivity index (χ3v) is 6.24. The van der Waals surface area contributed by atoms with E-state index in [-0.39, 0.29) is 23.8 Å². The van der Waals surface area contributed by atoms with Crippen LogP contribution in [-0.2, 0) is 26.3 Å². The lowest BCUT2D eigenvalue weighted by Gasteiger charge is -2.24. The Balaban J connectivity index is 0.00000154. The highest BCUT2D eigenvalue weighted by Crippen LogP contribution is 2.35. The third-order valence-electron chi connectivity index (χ3n) is 6.24. The number of ether oxygens (including phenoxy) is 2. The zero-order valence-corrected chi connectivity index (χ0v) is 26.3. The van der Waals surface area contributed by atoms with Crippen LogP contribution in [0.5, 0.6) is 11.5 Å². The van der Waals surface area contributed by atoms with Gasteiger partial charge in [-0.1, -0.05) is 57.0 Å². The van der Waals surface area contributed by atoms with Gasteiger partial charge in [0.05, 0.1) is 23.6 Å². The number of Topliss-reactive ketones (excluding diaryl/α,β-unsaturated/α-hetero) is 1. The van der Waals surface area contributed by atoms with Crippen LogP contribution in [0.3, 0.4) is 0 Å². The summed E-state index contributed by atoms with van der Waals surface area (Å²) in [5.74, 6) is -0.737. The minimum absolute atomic E-state index is 0.0846. The summed E-state index contributed by atoms with van der Waals surface area (Å²) in [7, 11) is -1.79. The molecule has 2 aromatic rings. The van der Waals surface area contributed by atoms with Gasteiger partial charge >= 0.3 is 11.9 Å². The van der Waals surface area contributed by atoms with E-state index < -0.39 is 32.9 Å². The number of carbonyl (C=O) groups excluding carboxylic acids is 3. The van der Waals surface area contributed by atoms with Crippen molar-refractivity contribution >= 4 is 27.8 Å². The Morgan fingerprint density at radius 1 is 0.829 bits per heavy atom. The molecule has 0 heterocycles. The zero-order chi connectivity index (χ0) is 31.4. The van der Waals surface area contributed by atoms with Crippen LogP contribution in [0.25, 0.3) is 0 Å². The van der Waals surface area contributed by atoms with Gasteiger partial charge in [-0.25, -0.2) is 0 Å². The molecule has 0 saturated heterocycles. The van der Waals surface area contributed by atoms with Crippen molar-refractivity contribution in [3.63, 3.8) is 0 Å². The first kappa shape index (κ1) is 35.9. The summed E-state index contributed by atoms with van der Waals surface area (Å²) in [5.41, 5.74) is 0.0932. The predicted molar refractivity (Wildman–Crippen MR) is 160 cm³/mol. The number of rotatable bonds is 13. The molecule has 2 aromatic carbocycles. The summed E-state index contributed by atoms with van der Waals surface area (Å²) in [4.78, 5) is 40.8. The number of likely N-dealkylation sites (N-methyl/N-ethyl adjacent to an activating group) is 1. The van der Waals surface area contributed by atoms with Gasteiger partial charge in [0.1, 0.15) is 0 Å². The van der Waals surface area contributed by atoms with Crippen molar-refractivity contribution in [3.8, 4) is 11.5 Å². The van der Waals surface area contributed by atoms with Crippen LogP contribution in [0.15, 0.2) is 48.5 Å². The molecule has 41 heavy (non-hydrogen) atoms. The van der Waals surface area contributed by atoms with Crippen molar-refractivity contribution in [1.29, 1.82) is 0 Å². The summed E-state index contributed by atoms with van der Waals surface area (Å²) < 4.78 is 37.3. The predicted octanol–water partition coefficient (Wildman–Crippen LogP) is 5.97. The van der Waals surface area contributed by atoms with E-state index in [1.807, 2.05) is 83.8 Å². The molecule has 0 aliphatic carbocycles. The topological polar surface area (TPSA) is 127 Å². The first-order valence-corrected chi connectivity index (χ1v) is 15.5. The van der Waals surface area contributed by atoms with E-state index in [0.717, 1.165) is 18.4 Å². The number of carbonyl (C=O) groups is 3. The smallest absolute Gasteiger partial charge is 0.317 e. The second kappa shape index (κ2) is 15.8. The van der Waals surface area contributed by atoms with Crippen molar-refractivity contribution in [2.45, 2.75) is 73.8 Å². The Morgan fingerprint density at radius 2 is 1.29 bits per heavy atom. The molecule has 2 rings (SSSR count). The number of hydrogen-bond acceptors (Lipinski definition) is 8. The van der Waals surface area contributed by atoms with E-state index in [0.29, 0.717) is 31.2 Å². The fraction of sp³-hybridized carbons (Fsp3) is 0.516. The average molecular weight is 592 g/mol. The van der Waals surface area contributed by atoms with Gasteiger partial charge in [0.25, 0.3) is 10.1 Å². The molecule has 0 bridgehead atoms. The van der Waals surface area contributed by atoms with E-state index in [9.17, 15) is 22.8 Å². The quantitative estimate of drug-likeness (QED) is 0.130. The monoisotopic (exact) mass is 591 g/mol. The molecular weight excluding hydrogens is 546 g/mol. The lowest BCUT2D eigenvalue weighted by molar-refractivity contribution is -0.147. The van der Waals surface area contributed by atoms with Gasteiger partial charge in [0.15, 0.2) is 17.3 Å². The molecule has 10 heteroatoms. The molecule has 0 atom stereocenters. The normalized spacial score (nSPS) is 11.9. The van der Waals surface area contributed by atoms with Crippen molar-refractivity contribution in [2.24, 2.45) is 10.8 Å². The molecule has 0 saturated carbocycles. The van der Waals surface area contributed by atoms with Gasteiger partial charge in [-0.15, -0.1) is 0 Å². The van der Waals surface area contributed by atoms with Crippen molar-refractivity contribution < 1.29 is 36.8 Å². The second-order valence-electron chi connectivity index (χ2n) is 11.5. The first-order chi connectivity index (χ1) is 18.9. The SMILES string of the molecule is CCCC(C)(C)C(=O)Oc1ccc(C(=O)CN(C)Cc2ccccc2)cc1OC(=O)C(C)(C)CCC.CS(=O)(=O)O. The molecule has 228 valence electrons. The summed E-state index contributed by atoms with van der Waals surface area (Å²) >= 11 is 0. The largest absolute Gasteiger partial charge is 0.422 e. The number of nitrogens with zero attached hydrogens (tertiary/aromatic N) is 1. The number of esters is 2. The Kier molecular flexibility index (Phi) is 13.8. The number of ketones is 1. The van der Waals surface area contributed by atoms with E-state index in [2.05, 4.69) is 0 Å². The van der Waals surface area contributed by atoms with E-state index in [1.165, 1.54) is 6.07 Å². The van der Waals surface area contributed by atoms with E-state index in [1.54, 1.807) is 12.1 Å². The Bertz CT molecular complexity index is 1260. The fourth-order valence-corrected chi connectivity index (χ4v) is 4.06. The third kappa shape index (κ3) is 13.4. The van der Waals surface area contributed by atoms with Crippen LogP contribution in [0.4, 0.5) is 0 Å². The molecule has 0 radical (unpaired) electrons. The van der Waals surface area contributed by atoms with Crippen LogP contribution in [-0.4, -0.2) is 55.4 Å². The molecule has 1 N–H and O–H groups in total. The molecule has 0 amide bonds. The summed E-state index contributed by atoms with van der Waals surface area (Å²) in [6.07, 6.45) is 3.68. The van der Waals surface area contributed by atoms with Crippen LogP contribution in [0.1, 0.15) is 83.1 Å². The van der Waals surface area contributed by atoms with Gasteiger partial charge in [0.2, 0.25) is 0 Å². The molecule has 0 aliphatic rings. The van der Waals surface area contributed by atoms with Crippen molar-refractivity contribution in [3.05, 3.63) is 59.7 Å². The summed E-state index contributed by atoms with van der Waals surface area (Å²) in [6.45, 7) is 12.1. The molecular formula is C31H45NO8S. The maximum Gasteiger partial charge on any atom is 0.317 e. The molecule has 0 unspecified atom stereocenters. The standard InChI is InChI=1S/C30H41NO5.CH4O3S/c1-8-17-29(3,4)27(33)35-25-16-15-23(19-26(25)36-28(34)30(5,6)18-9-2)24(32)21-31(7)20-22-13-11-10-12-14-22;1-5(2,3)4/h10-16,19H,8-9,17-18,20-21H2,1-7H3;1H3,(H,2,3,4). The molecule has 9 nitrogen and oxygen atoms in total. The van der Waals surface area contributed by atoms with Crippen LogP contribution in [0.2, 0.25) is 0 Å². The second-order valence-corrected chi connectivity index (χ2v) is 13.0. The van der Waals surface area contributed by atoms with Gasteiger partial charge < -0.3 is 9.47 Å². The maximum atomic E-state index is 13.1. The summed E-state index contributed by atoms with van der Waals surface area (Å²) in [5, 5.41) is 0. The zero-order valence-electron chi connectivity index (χ0n) is 25.5. The highest BCUT2D eigenvalue weighted by molar-refractivity contribution is 7.85.